The average molecular weight is 236 g/mol. The van der Waals surface area contributed by atoms with Crippen LogP contribution in [0.3, 0.4) is 0 Å². The molecule has 0 aliphatic carbocycles. The Hall–Kier alpha value is -1.51. The highest BCUT2D eigenvalue weighted by atomic mass is 16.5. The van der Waals surface area contributed by atoms with Gasteiger partial charge in [0.25, 0.3) is 0 Å². The van der Waals surface area contributed by atoms with Gasteiger partial charge in [-0.1, -0.05) is 20.3 Å². The van der Waals surface area contributed by atoms with Gasteiger partial charge in [0.1, 0.15) is 11.5 Å². The van der Waals surface area contributed by atoms with E-state index >= 15 is 0 Å². The third-order valence-corrected chi connectivity index (χ3v) is 2.69. The van der Waals surface area contributed by atoms with Gasteiger partial charge in [0.05, 0.1) is 12.7 Å². The molecule has 17 heavy (non-hydrogen) atoms. The molecule has 0 radical (unpaired) electrons. The van der Waals surface area contributed by atoms with E-state index in [9.17, 15) is 9.90 Å². The average Bonchev–Trinajstić information content (AvgIpc) is 2.28. The SMILES string of the molecule is COc1ccc(C(=O)CCCC(C)C)c(O)c1. The number of methoxy groups -OCH3 is 1. The molecule has 3 nitrogen and oxygen atoms in total. The fourth-order valence-electron chi connectivity index (χ4n) is 1.68. The van der Waals surface area contributed by atoms with Gasteiger partial charge in [-0.05, 0) is 24.5 Å². The third-order valence-electron chi connectivity index (χ3n) is 2.69. The van der Waals surface area contributed by atoms with E-state index in [1.165, 1.54) is 13.2 Å². The number of benzene rings is 1. The summed E-state index contributed by atoms with van der Waals surface area (Å²) in [7, 11) is 1.53. The first-order valence-electron chi connectivity index (χ1n) is 5.94. The van der Waals surface area contributed by atoms with Crippen LogP contribution in [0, 0.1) is 5.92 Å². The summed E-state index contributed by atoms with van der Waals surface area (Å²) in [5, 5.41) is 9.70. The van der Waals surface area contributed by atoms with Crippen molar-refractivity contribution in [1.82, 2.24) is 0 Å². The molecule has 0 bridgehead atoms. The Labute approximate surface area is 102 Å². The minimum absolute atomic E-state index is 0.00102. The molecule has 0 atom stereocenters. The second-order valence-electron chi connectivity index (χ2n) is 4.59. The highest BCUT2D eigenvalue weighted by molar-refractivity contribution is 5.98. The zero-order valence-electron chi connectivity index (χ0n) is 10.7. The third kappa shape index (κ3) is 4.10. The van der Waals surface area contributed by atoms with Gasteiger partial charge in [-0.2, -0.15) is 0 Å². The molecule has 1 N–H and O–H groups in total. The number of hydrogen-bond donors (Lipinski definition) is 1. The van der Waals surface area contributed by atoms with Crippen LogP contribution in [-0.4, -0.2) is 18.0 Å². The molecular formula is C14H20O3. The quantitative estimate of drug-likeness (QED) is 0.770. The summed E-state index contributed by atoms with van der Waals surface area (Å²) in [5.41, 5.74) is 0.384. The Balaban J connectivity index is 2.63. The normalized spacial score (nSPS) is 10.6. The fourth-order valence-corrected chi connectivity index (χ4v) is 1.68. The molecule has 0 saturated carbocycles. The number of carbonyl (C=O) groups is 1. The molecule has 3 heteroatoms. The van der Waals surface area contributed by atoms with Crippen LogP contribution in [0.25, 0.3) is 0 Å². The van der Waals surface area contributed by atoms with Crippen LogP contribution >= 0.6 is 0 Å². The number of carbonyl (C=O) groups excluding carboxylic acids is 1. The monoisotopic (exact) mass is 236 g/mol. The Morgan fingerprint density at radius 2 is 2.12 bits per heavy atom. The fraction of sp³-hybridized carbons (Fsp3) is 0.500. The molecule has 0 aliphatic rings. The van der Waals surface area contributed by atoms with Gasteiger partial charge in [0, 0.05) is 12.5 Å². The van der Waals surface area contributed by atoms with Crippen molar-refractivity contribution >= 4 is 5.78 Å². The molecule has 0 unspecified atom stereocenters. The Kier molecular flexibility index (Phi) is 5.01. The lowest BCUT2D eigenvalue weighted by Crippen LogP contribution is -2.01. The van der Waals surface area contributed by atoms with E-state index in [1.54, 1.807) is 12.1 Å². The Bertz CT molecular complexity index is 383. The maximum absolute atomic E-state index is 11.8. The zero-order chi connectivity index (χ0) is 12.8. The van der Waals surface area contributed by atoms with Crippen LogP contribution in [0.1, 0.15) is 43.5 Å². The van der Waals surface area contributed by atoms with E-state index < -0.39 is 0 Å². The van der Waals surface area contributed by atoms with Crippen LogP contribution in [0.15, 0.2) is 18.2 Å². The lowest BCUT2D eigenvalue weighted by molar-refractivity contribution is 0.0975. The summed E-state index contributed by atoms with van der Waals surface area (Å²) < 4.78 is 4.97. The van der Waals surface area contributed by atoms with E-state index in [4.69, 9.17) is 4.74 Å². The predicted molar refractivity (Wildman–Crippen MR) is 67.7 cm³/mol. The van der Waals surface area contributed by atoms with Gasteiger partial charge in [-0.25, -0.2) is 0 Å². The molecule has 0 aliphatic heterocycles. The van der Waals surface area contributed by atoms with Crippen LogP contribution < -0.4 is 4.74 Å². The second kappa shape index (κ2) is 6.28. The van der Waals surface area contributed by atoms with E-state index in [1.807, 2.05) is 0 Å². The smallest absolute Gasteiger partial charge is 0.166 e. The van der Waals surface area contributed by atoms with Crippen molar-refractivity contribution in [2.24, 2.45) is 5.92 Å². The minimum atomic E-state index is -0.00852. The highest BCUT2D eigenvalue weighted by Gasteiger charge is 2.11. The maximum Gasteiger partial charge on any atom is 0.166 e. The van der Waals surface area contributed by atoms with Crippen molar-refractivity contribution in [3.63, 3.8) is 0 Å². The topological polar surface area (TPSA) is 46.5 Å². The highest BCUT2D eigenvalue weighted by Crippen LogP contribution is 2.25. The minimum Gasteiger partial charge on any atom is -0.507 e. The van der Waals surface area contributed by atoms with Crippen LogP contribution in [0.5, 0.6) is 11.5 Å². The van der Waals surface area contributed by atoms with Crippen molar-refractivity contribution in [3.05, 3.63) is 23.8 Å². The second-order valence-corrected chi connectivity index (χ2v) is 4.59. The van der Waals surface area contributed by atoms with Crippen LogP contribution in [0.2, 0.25) is 0 Å². The van der Waals surface area contributed by atoms with E-state index in [2.05, 4.69) is 13.8 Å². The molecule has 0 heterocycles. The summed E-state index contributed by atoms with van der Waals surface area (Å²) in [6.07, 6.45) is 2.38. The van der Waals surface area contributed by atoms with Gasteiger partial charge in [0.15, 0.2) is 5.78 Å². The largest absolute Gasteiger partial charge is 0.507 e. The molecule has 0 saturated heterocycles. The number of phenols is 1. The van der Waals surface area contributed by atoms with Gasteiger partial charge >= 0.3 is 0 Å². The predicted octanol–water partition coefficient (Wildman–Crippen LogP) is 3.41. The number of ketones is 1. The Morgan fingerprint density at radius 1 is 1.41 bits per heavy atom. The lowest BCUT2D eigenvalue weighted by Gasteiger charge is -2.07. The van der Waals surface area contributed by atoms with Crippen LogP contribution in [-0.2, 0) is 0 Å². The van der Waals surface area contributed by atoms with Gasteiger partial charge in [-0.15, -0.1) is 0 Å². The van der Waals surface area contributed by atoms with Gasteiger partial charge < -0.3 is 9.84 Å². The first-order valence-corrected chi connectivity index (χ1v) is 5.94. The molecule has 1 aromatic rings. The summed E-state index contributed by atoms with van der Waals surface area (Å²) in [4.78, 5) is 11.8. The summed E-state index contributed by atoms with van der Waals surface area (Å²) in [6.45, 7) is 4.27. The van der Waals surface area contributed by atoms with Crippen molar-refractivity contribution < 1.29 is 14.6 Å². The number of Topliss-reactive ketones (excluding diaryl/α,β-unsaturated/α-hetero) is 1. The summed E-state index contributed by atoms with van der Waals surface area (Å²) >= 11 is 0. The number of rotatable bonds is 6. The molecule has 94 valence electrons. The molecule has 0 aromatic heterocycles. The Morgan fingerprint density at radius 3 is 2.65 bits per heavy atom. The van der Waals surface area contributed by atoms with Crippen molar-refractivity contribution in [2.75, 3.05) is 7.11 Å². The number of hydrogen-bond acceptors (Lipinski definition) is 3. The molecule has 1 rings (SSSR count). The van der Waals surface area contributed by atoms with E-state index in [-0.39, 0.29) is 11.5 Å². The molecule has 0 fully saturated rings. The number of ether oxygens (including phenoxy) is 1. The summed E-state index contributed by atoms with van der Waals surface area (Å²) in [6, 6.07) is 4.77. The zero-order valence-corrected chi connectivity index (χ0v) is 10.7. The first kappa shape index (κ1) is 13.6. The lowest BCUT2D eigenvalue weighted by atomic mass is 10.0. The maximum atomic E-state index is 11.8. The van der Waals surface area contributed by atoms with Crippen molar-refractivity contribution in [3.8, 4) is 11.5 Å². The summed E-state index contributed by atoms with van der Waals surface area (Å²) in [5.74, 6) is 1.15. The van der Waals surface area contributed by atoms with E-state index in [0.29, 0.717) is 23.7 Å². The molecule has 0 amide bonds. The van der Waals surface area contributed by atoms with Gasteiger partial charge in [-0.3, -0.25) is 4.79 Å². The molecule has 0 spiro atoms. The molecular weight excluding hydrogens is 216 g/mol. The van der Waals surface area contributed by atoms with E-state index in [0.717, 1.165) is 12.8 Å². The first-order chi connectivity index (χ1) is 8.04. The number of aromatic hydroxyl groups is 1. The van der Waals surface area contributed by atoms with Crippen molar-refractivity contribution in [2.45, 2.75) is 33.1 Å². The molecule has 1 aromatic carbocycles. The standard InChI is InChI=1S/C14H20O3/c1-10(2)5-4-6-13(15)12-8-7-11(17-3)9-14(12)16/h7-10,16H,4-6H2,1-3H3. The van der Waals surface area contributed by atoms with Gasteiger partial charge in [0.2, 0.25) is 0 Å². The number of phenolic OH excluding ortho intramolecular Hbond substituents is 1. The van der Waals surface area contributed by atoms with Crippen LogP contribution in [0.4, 0.5) is 0 Å². The van der Waals surface area contributed by atoms with Crippen molar-refractivity contribution in [1.29, 1.82) is 0 Å².